The molecule has 0 spiro atoms. The number of hydrazine groups is 1. The molecule has 0 saturated heterocycles. The van der Waals surface area contributed by atoms with E-state index in [1.165, 1.54) is 4.68 Å². The smallest absolute Gasteiger partial charge is 0.294 e. The Kier molecular flexibility index (Phi) is 3.79. The minimum absolute atomic E-state index is 0.00925. The van der Waals surface area contributed by atoms with Crippen LogP contribution in [0, 0.1) is 24.0 Å². The van der Waals surface area contributed by atoms with Crippen LogP contribution in [0.2, 0.25) is 0 Å². The van der Waals surface area contributed by atoms with Gasteiger partial charge in [0, 0.05) is 0 Å². The van der Waals surface area contributed by atoms with Crippen LogP contribution in [0.15, 0.2) is 0 Å². The number of hydrogen-bond donors (Lipinski definition) is 2. The molecule has 1 amide bonds. The largest absolute Gasteiger partial charge is 0.312 e. The summed E-state index contributed by atoms with van der Waals surface area (Å²) in [6, 6.07) is -0.286. The Labute approximate surface area is 97.9 Å². The van der Waals surface area contributed by atoms with Crippen LogP contribution in [-0.4, -0.2) is 20.6 Å². The van der Waals surface area contributed by atoms with Crippen molar-refractivity contribution in [1.82, 2.24) is 15.2 Å². The van der Waals surface area contributed by atoms with E-state index in [1.807, 2.05) is 5.43 Å². The number of nitro groups is 1. The van der Waals surface area contributed by atoms with Crippen molar-refractivity contribution in [1.29, 1.82) is 0 Å². The van der Waals surface area contributed by atoms with E-state index in [1.54, 1.807) is 20.8 Å². The number of rotatable bonds is 4. The minimum atomic E-state index is -0.468. The fourth-order valence-corrected chi connectivity index (χ4v) is 1.76. The van der Waals surface area contributed by atoms with Gasteiger partial charge in [-0.05, 0) is 20.8 Å². The molecule has 17 heavy (non-hydrogen) atoms. The van der Waals surface area contributed by atoms with E-state index in [9.17, 15) is 14.9 Å². The summed E-state index contributed by atoms with van der Waals surface area (Å²) in [5.74, 6) is 4.64. The molecule has 0 saturated carbocycles. The lowest BCUT2D eigenvalue weighted by Gasteiger charge is -2.12. The van der Waals surface area contributed by atoms with E-state index in [0.29, 0.717) is 11.4 Å². The van der Waals surface area contributed by atoms with Crippen molar-refractivity contribution in [2.24, 2.45) is 5.84 Å². The first-order valence-corrected chi connectivity index (χ1v) is 5.08. The third-order valence-corrected chi connectivity index (χ3v) is 2.53. The van der Waals surface area contributed by atoms with Gasteiger partial charge in [-0.3, -0.25) is 25.0 Å². The molecule has 0 aromatic carbocycles. The van der Waals surface area contributed by atoms with Gasteiger partial charge in [-0.15, -0.1) is 0 Å². The zero-order valence-electron chi connectivity index (χ0n) is 9.93. The molecule has 0 bridgehead atoms. The highest BCUT2D eigenvalue weighted by Gasteiger charge is 2.24. The molecule has 1 rings (SSSR count). The first-order chi connectivity index (χ1) is 7.88. The maximum absolute atomic E-state index is 11.1. The van der Waals surface area contributed by atoms with Crippen LogP contribution < -0.4 is 11.3 Å². The van der Waals surface area contributed by atoms with Gasteiger partial charge in [-0.1, -0.05) is 0 Å². The molecule has 94 valence electrons. The van der Waals surface area contributed by atoms with Crippen LogP contribution in [0.5, 0.6) is 0 Å². The maximum atomic E-state index is 11.1. The van der Waals surface area contributed by atoms with Crippen molar-refractivity contribution >= 4 is 11.6 Å². The van der Waals surface area contributed by atoms with Gasteiger partial charge >= 0.3 is 5.69 Å². The van der Waals surface area contributed by atoms with Crippen LogP contribution in [0.1, 0.15) is 30.8 Å². The zero-order valence-corrected chi connectivity index (χ0v) is 9.93. The predicted molar refractivity (Wildman–Crippen MR) is 60.0 cm³/mol. The average Bonchev–Trinajstić information content (AvgIpc) is 2.53. The monoisotopic (exact) mass is 241 g/mol. The Bertz CT molecular complexity index is 454. The highest BCUT2D eigenvalue weighted by Crippen LogP contribution is 2.25. The van der Waals surface area contributed by atoms with Gasteiger partial charge in [0.05, 0.1) is 17.4 Å². The van der Waals surface area contributed by atoms with Crippen molar-refractivity contribution in [2.45, 2.75) is 33.2 Å². The lowest BCUT2D eigenvalue weighted by Crippen LogP contribution is -2.31. The van der Waals surface area contributed by atoms with E-state index >= 15 is 0 Å². The Morgan fingerprint density at radius 2 is 2.24 bits per heavy atom. The summed E-state index contributed by atoms with van der Waals surface area (Å²) >= 11 is 0. The second-order valence-electron chi connectivity index (χ2n) is 3.84. The van der Waals surface area contributed by atoms with E-state index in [4.69, 9.17) is 5.84 Å². The molecule has 1 atom stereocenters. The van der Waals surface area contributed by atoms with Crippen molar-refractivity contribution < 1.29 is 9.72 Å². The molecule has 0 fully saturated rings. The van der Waals surface area contributed by atoms with Crippen LogP contribution in [0.4, 0.5) is 5.69 Å². The number of aromatic nitrogens is 2. The number of nitrogens with one attached hydrogen (secondary N) is 1. The van der Waals surface area contributed by atoms with E-state index in [2.05, 4.69) is 5.10 Å². The van der Waals surface area contributed by atoms with Crippen LogP contribution in [0.25, 0.3) is 0 Å². The molecular formula is C9H15N5O3. The summed E-state index contributed by atoms with van der Waals surface area (Å²) in [6.45, 7) is 4.92. The summed E-state index contributed by atoms with van der Waals surface area (Å²) in [5, 5.41) is 14.9. The quantitative estimate of drug-likeness (QED) is 0.341. The zero-order chi connectivity index (χ0) is 13.2. The lowest BCUT2D eigenvalue weighted by atomic mass is 10.2. The number of carbonyl (C=O) groups is 1. The second kappa shape index (κ2) is 4.91. The number of aryl methyl sites for hydroxylation is 1. The van der Waals surface area contributed by atoms with Gasteiger partial charge in [0.1, 0.15) is 11.4 Å². The number of nitrogens with zero attached hydrogens (tertiary/aromatic N) is 3. The summed E-state index contributed by atoms with van der Waals surface area (Å²) < 4.78 is 1.47. The van der Waals surface area contributed by atoms with E-state index < -0.39 is 4.92 Å². The van der Waals surface area contributed by atoms with E-state index in [-0.39, 0.29) is 24.1 Å². The molecule has 3 N–H and O–H groups in total. The lowest BCUT2D eigenvalue weighted by molar-refractivity contribution is -0.386. The maximum Gasteiger partial charge on any atom is 0.312 e. The molecule has 0 aliphatic heterocycles. The molecule has 1 aromatic heterocycles. The Morgan fingerprint density at radius 1 is 1.65 bits per heavy atom. The molecule has 0 radical (unpaired) electrons. The summed E-state index contributed by atoms with van der Waals surface area (Å²) in [6.07, 6.45) is 0.121. The Hall–Kier alpha value is -1.96. The summed E-state index contributed by atoms with van der Waals surface area (Å²) in [5.41, 5.74) is 2.78. The van der Waals surface area contributed by atoms with Gasteiger partial charge in [-0.25, -0.2) is 5.84 Å². The van der Waals surface area contributed by atoms with Gasteiger partial charge in [0.15, 0.2) is 0 Å². The third kappa shape index (κ3) is 2.59. The van der Waals surface area contributed by atoms with Crippen molar-refractivity contribution in [3.05, 3.63) is 21.5 Å². The fourth-order valence-electron chi connectivity index (χ4n) is 1.76. The average molecular weight is 241 g/mol. The van der Waals surface area contributed by atoms with Gasteiger partial charge in [0.2, 0.25) is 5.91 Å². The highest BCUT2D eigenvalue weighted by molar-refractivity contribution is 5.75. The SMILES string of the molecule is Cc1nn(C(C)CC(=O)NN)c(C)c1[N+](=O)[O-]. The first-order valence-electron chi connectivity index (χ1n) is 5.08. The molecule has 8 nitrogen and oxygen atoms in total. The number of carbonyl (C=O) groups excluding carboxylic acids is 1. The number of amides is 1. The van der Waals surface area contributed by atoms with E-state index in [0.717, 1.165) is 0 Å². The highest BCUT2D eigenvalue weighted by atomic mass is 16.6. The third-order valence-electron chi connectivity index (χ3n) is 2.53. The Morgan fingerprint density at radius 3 is 2.65 bits per heavy atom. The van der Waals surface area contributed by atoms with Crippen LogP contribution >= 0.6 is 0 Å². The minimum Gasteiger partial charge on any atom is -0.294 e. The molecule has 0 aliphatic rings. The normalized spacial score (nSPS) is 12.2. The standard InChI is InChI=1S/C9H15N5O3/c1-5(4-8(15)11-10)13-7(3)9(14(16)17)6(2)12-13/h5H,4,10H2,1-3H3,(H,11,15). The van der Waals surface area contributed by atoms with Gasteiger partial charge in [0.25, 0.3) is 0 Å². The van der Waals surface area contributed by atoms with Gasteiger partial charge < -0.3 is 0 Å². The predicted octanol–water partition coefficient (Wildman–Crippen LogP) is 0.349. The molecule has 1 aromatic rings. The van der Waals surface area contributed by atoms with Crippen molar-refractivity contribution in [2.75, 3.05) is 0 Å². The Balaban J connectivity index is 3.03. The molecule has 1 heterocycles. The van der Waals surface area contributed by atoms with Crippen LogP contribution in [0.3, 0.4) is 0 Å². The van der Waals surface area contributed by atoms with Crippen LogP contribution in [-0.2, 0) is 4.79 Å². The summed E-state index contributed by atoms with van der Waals surface area (Å²) in [7, 11) is 0. The molecule has 8 heteroatoms. The molecule has 0 aliphatic carbocycles. The second-order valence-corrected chi connectivity index (χ2v) is 3.84. The van der Waals surface area contributed by atoms with Gasteiger partial charge in [-0.2, -0.15) is 5.10 Å². The first kappa shape index (κ1) is 13.1. The van der Waals surface area contributed by atoms with Crippen molar-refractivity contribution in [3.63, 3.8) is 0 Å². The topological polar surface area (TPSA) is 116 Å². The molecular weight excluding hydrogens is 226 g/mol. The molecule has 1 unspecified atom stereocenters. The fraction of sp³-hybridized carbons (Fsp3) is 0.556. The number of nitrogens with two attached hydrogens (primary N) is 1. The van der Waals surface area contributed by atoms with Crippen molar-refractivity contribution in [3.8, 4) is 0 Å². The summed E-state index contributed by atoms with van der Waals surface area (Å²) in [4.78, 5) is 21.5. The number of hydrogen-bond acceptors (Lipinski definition) is 5.